The van der Waals surface area contributed by atoms with Gasteiger partial charge in [-0.3, -0.25) is 19.2 Å². The van der Waals surface area contributed by atoms with Crippen molar-refractivity contribution in [3.63, 3.8) is 0 Å². The second-order valence-corrected chi connectivity index (χ2v) is 9.75. The first-order chi connectivity index (χ1) is 16.2. The molecule has 2 aromatic carbocycles. The van der Waals surface area contributed by atoms with Gasteiger partial charge in [0.25, 0.3) is 0 Å². The van der Waals surface area contributed by atoms with Crippen molar-refractivity contribution in [2.75, 3.05) is 13.1 Å². The fourth-order valence-corrected chi connectivity index (χ4v) is 4.87. The summed E-state index contributed by atoms with van der Waals surface area (Å²) < 4.78 is 0. The van der Waals surface area contributed by atoms with E-state index in [0.29, 0.717) is 25.9 Å². The van der Waals surface area contributed by atoms with E-state index in [1.165, 1.54) is 6.92 Å². The predicted molar refractivity (Wildman–Crippen MR) is 132 cm³/mol. The summed E-state index contributed by atoms with van der Waals surface area (Å²) in [6.07, 6.45) is 1.30. The van der Waals surface area contributed by atoms with Gasteiger partial charge in [0.1, 0.15) is 5.25 Å². The lowest BCUT2D eigenvalue weighted by molar-refractivity contribution is -0.136. The molecule has 1 heterocycles. The average molecular weight is 483 g/mol. The highest BCUT2D eigenvalue weighted by molar-refractivity contribution is 8.14. The SMILES string of the molecule is CC(=O)N1CCC(C(=O)N[C@H](C)C(=O)S[C@H](Cc2ccc(-c3ccccc3)cc2)C(=O)O)CC1. The zero-order valence-corrected chi connectivity index (χ0v) is 20.2. The Morgan fingerprint density at radius 3 is 2.15 bits per heavy atom. The number of aliphatic carboxylic acids is 1. The van der Waals surface area contributed by atoms with Crippen LogP contribution >= 0.6 is 11.8 Å². The van der Waals surface area contributed by atoms with Gasteiger partial charge in [-0.05, 0) is 42.9 Å². The lowest BCUT2D eigenvalue weighted by Crippen LogP contribution is -2.46. The van der Waals surface area contributed by atoms with Crippen molar-refractivity contribution < 1.29 is 24.3 Å². The molecule has 0 unspecified atom stereocenters. The Bertz CT molecular complexity index is 1020. The lowest BCUT2D eigenvalue weighted by Gasteiger charge is -2.31. The number of thioether (sulfide) groups is 1. The molecule has 2 atom stereocenters. The molecule has 2 N–H and O–H groups in total. The van der Waals surface area contributed by atoms with Gasteiger partial charge in [0.2, 0.25) is 16.9 Å². The molecule has 1 fully saturated rings. The van der Waals surface area contributed by atoms with E-state index in [1.54, 1.807) is 11.8 Å². The summed E-state index contributed by atoms with van der Waals surface area (Å²) in [5, 5.41) is 11.0. The minimum absolute atomic E-state index is 0.00628. The summed E-state index contributed by atoms with van der Waals surface area (Å²) >= 11 is 0.743. The molecule has 0 saturated carbocycles. The number of nitrogens with one attached hydrogen (secondary N) is 1. The van der Waals surface area contributed by atoms with Crippen LogP contribution in [-0.4, -0.2) is 57.3 Å². The molecule has 0 radical (unpaired) electrons. The van der Waals surface area contributed by atoms with Crippen LogP contribution in [0.2, 0.25) is 0 Å². The third-order valence-corrected chi connectivity index (χ3v) is 7.28. The van der Waals surface area contributed by atoms with E-state index in [0.717, 1.165) is 28.5 Å². The minimum Gasteiger partial charge on any atom is -0.480 e. The summed E-state index contributed by atoms with van der Waals surface area (Å²) in [4.78, 5) is 50.2. The third kappa shape index (κ3) is 6.93. The Labute approximate surface area is 203 Å². The minimum atomic E-state index is -1.07. The van der Waals surface area contributed by atoms with Crippen LogP contribution in [0.15, 0.2) is 54.6 Å². The summed E-state index contributed by atoms with van der Waals surface area (Å²) in [7, 11) is 0. The van der Waals surface area contributed by atoms with E-state index in [2.05, 4.69) is 5.32 Å². The average Bonchev–Trinajstić information content (AvgIpc) is 2.84. The second-order valence-electron chi connectivity index (χ2n) is 8.54. The van der Waals surface area contributed by atoms with Crippen LogP contribution in [0, 0.1) is 5.92 Å². The molecule has 1 saturated heterocycles. The molecule has 8 heteroatoms. The first-order valence-corrected chi connectivity index (χ1v) is 12.3. The van der Waals surface area contributed by atoms with Gasteiger partial charge >= 0.3 is 5.97 Å². The molecule has 7 nitrogen and oxygen atoms in total. The summed E-state index contributed by atoms with van der Waals surface area (Å²) in [6, 6.07) is 16.7. The molecule has 1 aliphatic heterocycles. The molecule has 34 heavy (non-hydrogen) atoms. The van der Waals surface area contributed by atoms with Gasteiger partial charge < -0.3 is 15.3 Å². The predicted octanol–water partition coefficient (Wildman–Crippen LogP) is 3.37. The zero-order chi connectivity index (χ0) is 24.7. The van der Waals surface area contributed by atoms with Gasteiger partial charge in [-0.2, -0.15) is 0 Å². The van der Waals surface area contributed by atoms with Crippen molar-refractivity contribution in [3.05, 3.63) is 60.2 Å². The molecule has 180 valence electrons. The van der Waals surface area contributed by atoms with Gasteiger partial charge in [0, 0.05) is 25.9 Å². The Hall–Kier alpha value is -3.13. The Kier molecular flexibility index (Phi) is 8.87. The summed E-state index contributed by atoms with van der Waals surface area (Å²) in [5.41, 5.74) is 2.93. The normalized spacial score (nSPS) is 15.9. The fourth-order valence-electron chi connectivity index (χ4n) is 3.95. The van der Waals surface area contributed by atoms with Gasteiger partial charge in [-0.25, -0.2) is 0 Å². The molecule has 0 spiro atoms. The number of rotatable bonds is 8. The molecule has 2 aromatic rings. The molecular formula is C26H30N2O5S. The number of nitrogens with zero attached hydrogens (tertiary/aromatic N) is 1. The monoisotopic (exact) mass is 482 g/mol. The van der Waals surface area contributed by atoms with E-state index in [4.69, 9.17) is 0 Å². The summed E-state index contributed by atoms with van der Waals surface area (Å²) in [5.74, 6) is -1.56. The smallest absolute Gasteiger partial charge is 0.317 e. The number of carboxylic acid groups (broad SMARTS) is 1. The topological polar surface area (TPSA) is 104 Å². The Morgan fingerprint density at radius 2 is 1.59 bits per heavy atom. The number of hydrogen-bond donors (Lipinski definition) is 2. The van der Waals surface area contributed by atoms with Crippen molar-refractivity contribution in [1.29, 1.82) is 0 Å². The maximum atomic E-state index is 12.7. The van der Waals surface area contributed by atoms with Crippen LogP contribution in [0.3, 0.4) is 0 Å². The first kappa shape index (κ1) is 25.5. The Morgan fingerprint density at radius 1 is 1.00 bits per heavy atom. The van der Waals surface area contributed by atoms with Gasteiger partial charge in [-0.1, -0.05) is 66.4 Å². The number of piperidine rings is 1. The molecule has 1 aliphatic rings. The van der Waals surface area contributed by atoms with Gasteiger partial charge in [0.05, 0.1) is 6.04 Å². The van der Waals surface area contributed by atoms with Crippen molar-refractivity contribution in [3.8, 4) is 11.1 Å². The lowest BCUT2D eigenvalue weighted by atomic mass is 9.95. The molecule has 0 aromatic heterocycles. The third-order valence-electron chi connectivity index (χ3n) is 6.04. The zero-order valence-electron chi connectivity index (χ0n) is 19.4. The molecule has 2 amide bonds. The number of carbonyl (C=O) groups excluding carboxylic acids is 3. The standard InChI is InChI=1S/C26H30N2O5S/c1-17(27-24(30)22-12-14-28(15-13-22)18(2)29)26(33)34-23(25(31)32)16-19-8-10-21(11-9-19)20-6-4-3-5-7-20/h3-11,17,22-23H,12-16H2,1-2H3,(H,27,30)(H,31,32)/t17-,23-/m1/s1. The number of amides is 2. The van der Waals surface area contributed by atoms with Gasteiger partial charge in [-0.15, -0.1) is 0 Å². The highest BCUT2D eigenvalue weighted by Crippen LogP contribution is 2.24. The van der Waals surface area contributed by atoms with Crippen LogP contribution in [0.1, 0.15) is 32.3 Å². The van der Waals surface area contributed by atoms with Crippen molar-refractivity contribution >= 4 is 34.7 Å². The van der Waals surface area contributed by atoms with E-state index in [-0.39, 0.29) is 29.3 Å². The van der Waals surface area contributed by atoms with Crippen LogP contribution in [0.25, 0.3) is 11.1 Å². The highest BCUT2D eigenvalue weighted by atomic mass is 32.2. The van der Waals surface area contributed by atoms with Crippen LogP contribution in [-0.2, 0) is 25.6 Å². The van der Waals surface area contributed by atoms with Crippen LogP contribution in [0.5, 0.6) is 0 Å². The van der Waals surface area contributed by atoms with Crippen molar-refractivity contribution in [1.82, 2.24) is 10.2 Å². The quantitative estimate of drug-likeness (QED) is 0.598. The fraction of sp³-hybridized carbons (Fsp3) is 0.385. The van der Waals surface area contributed by atoms with Crippen LogP contribution < -0.4 is 5.32 Å². The van der Waals surface area contributed by atoms with Crippen molar-refractivity contribution in [2.45, 2.75) is 44.4 Å². The van der Waals surface area contributed by atoms with E-state index < -0.39 is 17.3 Å². The number of carbonyl (C=O) groups is 4. The van der Waals surface area contributed by atoms with E-state index in [1.807, 2.05) is 54.6 Å². The molecule has 0 bridgehead atoms. The maximum absolute atomic E-state index is 12.7. The van der Waals surface area contributed by atoms with Gasteiger partial charge in [0.15, 0.2) is 0 Å². The number of carboxylic acids is 1. The second kappa shape index (κ2) is 11.8. The number of benzene rings is 2. The van der Waals surface area contributed by atoms with Crippen LogP contribution in [0.4, 0.5) is 0 Å². The summed E-state index contributed by atoms with van der Waals surface area (Å²) in [6.45, 7) is 4.13. The molecule has 3 rings (SSSR count). The largest absolute Gasteiger partial charge is 0.480 e. The Balaban J connectivity index is 1.53. The highest BCUT2D eigenvalue weighted by Gasteiger charge is 2.30. The van der Waals surface area contributed by atoms with Crippen molar-refractivity contribution in [2.24, 2.45) is 5.92 Å². The van der Waals surface area contributed by atoms with E-state index in [9.17, 15) is 24.3 Å². The maximum Gasteiger partial charge on any atom is 0.317 e. The molecule has 0 aliphatic carbocycles. The van der Waals surface area contributed by atoms with E-state index >= 15 is 0 Å². The number of hydrogen-bond acceptors (Lipinski definition) is 5. The molecular weight excluding hydrogens is 452 g/mol. The number of likely N-dealkylation sites (tertiary alicyclic amines) is 1. The first-order valence-electron chi connectivity index (χ1n) is 11.4.